The number of anilines is 1. The third-order valence-electron chi connectivity index (χ3n) is 2.58. The molecule has 3 N–H and O–H groups in total. The molecule has 0 aliphatic carbocycles. The van der Waals surface area contributed by atoms with E-state index >= 15 is 0 Å². The van der Waals surface area contributed by atoms with Gasteiger partial charge in [-0.05, 0) is 36.1 Å². The van der Waals surface area contributed by atoms with Gasteiger partial charge in [-0.15, -0.1) is 11.3 Å². The molecule has 2 aromatic rings. The highest BCUT2D eigenvalue weighted by molar-refractivity contribution is 7.89. The van der Waals surface area contributed by atoms with Crippen LogP contribution >= 0.6 is 11.3 Å². The predicted molar refractivity (Wildman–Crippen MR) is 73.9 cm³/mol. The Morgan fingerprint density at radius 2 is 2.11 bits per heavy atom. The zero-order valence-electron chi connectivity index (χ0n) is 9.88. The maximum atomic E-state index is 12.0. The molecule has 0 aliphatic heterocycles. The van der Waals surface area contributed by atoms with Crippen LogP contribution in [0, 0.1) is 6.92 Å². The molecule has 0 fully saturated rings. The molecule has 0 atom stereocenters. The molecular formula is C12H14N2O2S2. The second kappa shape index (κ2) is 5.09. The first-order valence-corrected chi connectivity index (χ1v) is 7.73. The Labute approximate surface area is 111 Å². The number of nitrogen functional groups attached to an aromatic ring is 1. The number of nitrogens with two attached hydrogens (primary N) is 1. The maximum absolute atomic E-state index is 12.0. The van der Waals surface area contributed by atoms with E-state index in [9.17, 15) is 8.42 Å². The number of hydrogen-bond donors (Lipinski definition) is 2. The summed E-state index contributed by atoms with van der Waals surface area (Å²) < 4.78 is 26.6. The van der Waals surface area contributed by atoms with Gasteiger partial charge in [-0.3, -0.25) is 0 Å². The molecule has 0 aliphatic rings. The average molecular weight is 282 g/mol. The first-order chi connectivity index (χ1) is 8.49. The van der Waals surface area contributed by atoms with Gasteiger partial charge in [0, 0.05) is 17.1 Å². The first-order valence-electron chi connectivity index (χ1n) is 5.37. The van der Waals surface area contributed by atoms with Gasteiger partial charge in [0.1, 0.15) is 0 Å². The van der Waals surface area contributed by atoms with Crippen molar-refractivity contribution in [3.8, 4) is 0 Å². The number of hydrogen-bond acceptors (Lipinski definition) is 4. The van der Waals surface area contributed by atoms with Crippen LogP contribution in [0.5, 0.6) is 0 Å². The van der Waals surface area contributed by atoms with Crippen molar-refractivity contribution in [1.29, 1.82) is 0 Å². The van der Waals surface area contributed by atoms with E-state index in [0.29, 0.717) is 12.2 Å². The summed E-state index contributed by atoms with van der Waals surface area (Å²) >= 11 is 1.51. The van der Waals surface area contributed by atoms with E-state index in [-0.39, 0.29) is 4.90 Å². The molecule has 4 nitrogen and oxygen atoms in total. The number of aryl methyl sites for hydroxylation is 1. The highest BCUT2D eigenvalue weighted by Crippen LogP contribution is 2.17. The van der Waals surface area contributed by atoms with E-state index < -0.39 is 10.0 Å². The van der Waals surface area contributed by atoms with E-state index in [2.05, 4.69) is 4.72 Å². The minimum Gasteiger partial charge on any atom is -0.398 e. The fourth-order valence-electron chi connectivity index (χ4n) is 1.45. The second-order valence-electron chi connectivity index (χ2n) is 3.92. The zero-order valence-corrected chi connectivity index (χ0v) is 11.5. The van der Waals surface area contributed by atoms with Gasteiger partial charge < -0.3 is 5.73 Å². The van der Waals surface area contributed by atoms with Gasteiger partial charge in [-0.1, -0.05) is 12.1 Å². The maximum Gasteiger partial charge on any atom is 0.240 e. The number of nitrogens with one attached hydrogen (secondary N) is 1. The summed E-state index contributed by atoms with van der Waals surface area (Å²) in [7, 11) is -3.50. The van der Waals surface area contributed by atoms with Crippen molar-refractivity contribution in [2.24, 2.45) is 0 Å². The normalized spacial score (nSPS) is 11.6. The fourth-order valence-corrected chi connectivity index (χ4v) is 3.23. The lowest BCUT2D eigenvalue weighted by atomic mass is 10.2. The third-order valence-corrected chi connectivity index (χ3v) is 4.85. The minimum absolute atomic E-state index is 0.196. The van der Waals surface area contributed by atoms with Crippen LogP contribution < -0.4 is 10.5 Å². The fraction of sp³-hybridized carbons (Fsp3) is 0.167. The van der Waals surface area contributed by atoms with E-state index in [1.165, 1.54) is 17.4 Å². The van der Waals surface area contributed by atoms with Crippen molar-refractivity contribution in [2.45, 2.75) is 18.4 Å². The molecule has 0 amide bonds. The number of thiophene rings is 1. The van der Waals surface area contributed by atoms with Crippen molar-refractivity contribution < 1.29 is 8.42 Å². The monoisotopic (exact) mass is 282 g/mol. The van der Waals surface area contributed by atoms with Gasteiger partial charge in [-0.25, -0.2) is 13.1 Å². The summed E-state index contributed by atoms with van der Waals surface area (Å²) in [4.78, 5) is 1.17. The van der Waals surface area contributed by atoms with Gasteiger partial charge >= 0.3 is 0 Å². The van der Waals surface area contributed by atoms with Crippen LogP contribution in [0.25, 0.3) is 0 Å². The van der Waals surface area contributed by atoms with Crippen LogP contribution in [0.15, 0.2) is 40.6 Å². The van der Waals surface area contributed by atoms with Gasteiger partial charge in [-0.2, -0.15) is 0 Å². The summed E-state index contributed by atoms with van der Waals surface area (Å²) in [6, 6.07) is 8.51. The topological polar surface area (TPSA) is 72.2 Å². The Balaban J connectivity index is 2.17. The molecule has 6 heteroatoms. The molecule has 0 saturated carbocycles. The number of rotatable bonds is 4. The van der Waals surface area contributed by atoms with E-state index in [0.717, 1.165) is 10.4 Å². The van der Waals surface area contributed by atoms with Gasteiger partial charge in [0.2, 0.25) is 10.0 Å². The molecule has 2 rings (SSSR count). The molecule has 0 saturated heterocycles. The van der Waals surface area contributed by atoms with Crippen LogP contribution in [0.4, 0.5) is 5.69 Å². The highest BCUT2D eigenvalue weighted by Gasteiger charge is 2.14. The molecule has 1 aromatic carbocycles. The number of benzene rings is 1. The molecule has 0 bridgehead atoms. The van der Waals surface area contributed by atoms with Crippen molar-refractivity contribution in [1.82, 2.24) is 4.72 Å². The summed E-state index contributed by atoms with van der Waals surface area (Å²) in [5.74, 6) is 0. The summed E-state index contributed by atoms with van der Waals surface area (Å²) in [5.41, 5.74) is 7.07. The highest BCUT2D eigenvalue weighted by atomic mass is 32.2. The van der Waals surface area contributed by atoms with Crippen LogP contribution in [0.3, 0.4) is 0 Å². The van der Waals surface area contributed by atoms with Crippen molar-refractivity contribution >= 4 is 27.0 Å². The Morgan fingerprint density at radius 3 is 2.72 bits per heavy atom. The summed E-state index contributed by atoms with van der Waals surface area (Å²) in [5, 5.41) is 1.91. The molecule has 0 spiro atoms. The number of sulfonamides is 1. The molecular weight excluding hydrogens is 268 g/mol. The second-order valence-corrected chi connectivity index (χ2v) is 6.72. The average Bonchev–Trinajstić information content (AvgIpc) is 2.83. The van der Waals surface area contributed by atoms with Crippen LogP contribution in [0.2, 0.25) is 0 Å². The zero-order chi connectivity index (χ0) is 13.2. The van der Waals surface area contributed by atoms with Crippen molar-refractivity contribution in [3.05, 3.63) is 46.2 Å². The van der Waals surface area contributed by atoms with E-state index in [1.54, 1.807) is 12.1 Å². The summed E-state index contributed by atoms with van der Waals surface area (Å²) in [6.07, 6.45) is 0. The van der Waals surface area contributed by atoms with Gasteiger partial charge in [0.15, 0.2) is 0 Å². The van der Waals surface area contributed by atoms with Crippen molar-refractivity contribution in [3.63, 3.8) is 0 Å². The molecule has 1 heterocycles. The van der Waals surface area contributed by atoms with E-state index in [1.807, 2.05) is 24.4 Å². The molecule has 0 radical (unpaired) electrons. The van der Waals surface area contributed by atoms with Crippen LogP contribution in [-0.4, -0.2) is 8.42 Å². The quantitative estimate of drug-likeness (QED) is 0.844. The minimum atomic E-state index is -3.50. The van der Waals surface area contributed by atoms with Crippen LogP contribution in [-0.2, 0) is 16.6 Å². The van der Waals surface area contributed by atoms with Crippen molar-refractivity contribution in [2.75, 3.05) is 5.73 Å². The Kier molecular flexibility index (Phi) is 3.70. The Bertz CT molecular complexity index is 634. The lowest BCUT2D eigenvalue weighted by Crippen LogP contribution is -2.22. The SMILES string of the molecule is Cc1ccc(S(=O)(=O)NCc2cccs2)cc1N. The molecule has 18 heavy (non-hydrogen) atoms. The van der Waals surface area contributed by atoms with Gasteiger partial charge in [0.25, 0.3) is 0 Å². The predicted octanol–water partition coefficient (Wildman–Crippen LogP) is 2.12. The first kappa shape index (κ1) is 13.1. The lowest BCUT2D eigenvalue weighted by molar-refractivity contribution is 0.582. The molecule has 1 aromatic heterocycles. The molecule has 0 unspecified atom stereocenters. The summed E-state index contributed by atoms with van der Waals surface area (Å²) in [6.45, 7) is 2.14. The largest absolute Gasteiger partial charge is 0.398 e. The Morgan fingerprint density at radius 1 is 1.33 bits per heavy atom. The lowest BCUT2D eigenvalue weighted by Gasteiger charge is -2.07. The van der Waals surface area contributed by atoms with Gasteiger partial charge in [0.05, 0.1) is 4.90 Å². The van der Waals surface area contributed by atoms with E-state index in [4.69, 9.17) is 5.73 Å². The van der Waals surface area contributed by atoms with Crippen LogP contribution in [0.1, 0.15) is 10.4 Å². The molecule has 96 valence electrons. The standard InChI is InChI=1S/C12H14N2O2S2/c1-9-4-5-11(7-12(9)13)18(15,16)14-8-10-3-2-6-17-10/h2-7,14H,8,13H2,1H3. The smallest absolute Gasteiger partial charge is 0.240 e. The third kappa shape index (κ3) is 2.90. The Hall–Kier alpha value is -1.37.